The van der Waals surface area contributed by atoms with Gasteiger partial charge in [0.25, 0.3) is 0 Å². The number of ether oxygens (including phenoxy) is 2. The number of hydrogen-bond acceptors (Lipinski definition) is 8. The smallest absolute Gasteiger partial charge is 0.338 e. The van der Waals surface area contributed by atoms with Gasteiger partial charge in [-0.25, -0.2) is 14.8 Å². The van der Waals surface area contributed by atoms with E-state index in [4.69, 9.17) is 48.7 Å². The molecule has 1 fully saturated rings. The van der Waals surface area contributed by atoms with Crippen LogP contribution < -0.4 is 0 Å². The maximum atomic E-state index is 13.6. The van der Waals surface area contributed by atoms with Crippen LogP contribution in [0.25, 0.3) is 22.2 Å². The first-order valence-electron chi connectivity index (χ1n) is 16.6. The second-order valence-electron chi connectivity index (χ2n) is 14.2. The van der Waals surface area contributed by atoms with Gasteiger partial charge in [0.1, 0.15) is 35.4 Å². The second-order valence-corrected chi connectivity index (χ2v) is 20.2. The summed E-state index contributed by atoms with van der Waals surface area (Å²) in [7, 11) is -2.03. The molecule has 1 aliphatic rings. The fourth-order valence-corrected chi connectivity index (χ4v) is 7.53. The summed E-state index contributed by atoms with van der Waals surface area (Å²) >= 11 is 19.2. The lowest BCUT2D eigenvalue weighted by atomic mass is 9.98. The molecule has 2 N–H and O–H groups in total. The first-order valence-corrected chi connectivity index (χ1v) is 20.7. The Hall–Kier alpha value is -3.32. The summed E-state index contributed by atoms with van der Waals surface area (Å²) in [6, 6.07) is 21.6. The number of esters is 1. The molecule has 6 rings (SSSR count). The van der Waals surface area contributed by atoms with E-state index in [9.17, 15) is 15.0 Å². The van der Waals surface area contributed by atoms with Gasteiger partial charge in [0, 0.05) is 12.8 Å². The monoisotopic (exact) mass is 767 g/mol. The van der Waals surface area contributed by atoms with Gasteiger partial charge in [-0.1, -0.05) is 104 Å². The first-order chi connectivity index (χ1) is 24.2. The second kappa shape index (κ2) is 15.0. The average Bonchev–Trinajstić information content (AvgIpc) is 3.61. The molecule has 0 aliphatic carbocycles. The number of carbonyl (C=O) groups is 1. The van der Waals surface area contributed by atoms with E-state index in [2.05, 4.69) is 43.8 Å². The van der Waals surface area contributed by atoms with Crippen LogP contribution in [0.5, 0.6) is 0 Å². The lowest BCUT2D eigenvalue weighted by molar-refractivity contribution is -0.0916. The number of halogens is 3. The molecule has 5 atom stereocenters. The minimum absolute atomic E-state index is 0.0363. The predicted octanol–water partition coefficient (Wildman–Crippen LogP) is 8.84. The highest BCUT2D eigenvalue weighted by Crippen LogP contribution is 2.42. The van der Waals surface area contributed by atoms with Crippen LogP contribution in [-0.4, -0.2) is 64.0 Å². The zero-order valence-electron chi connectivity index (χ0n) is 28.9. The van der Waals surface area contributed by atoms with Crippen LogP contribution in [0.4, 0.5) is 0 Å². The quantitative estimate of drug-likeness (QED) is 0.0823. The van der Waals surface area contributed by atoms with Crippen molar-refractivity contribution >= 4 is 60.1 Å². The predicted molar refractivity (Wildman–Crippen MR) is 202 cm³/mol. The largest absolute Gasteiger partial charge is 0.451 e. The van der Waals surface area contributed by atoms with Gasteiger partial charge in [0.15, 0.2) is 20.6 Å². The standard InChI is InChI=1S/C38H40Cl3N3O6Si/c1-38(2,3)51(4,5)48-18-17-26-20-44(35-29(26)34(41)42-21-43-35)36-31(46)30(45)33(49-36)32(25-15-16-27(39)28(40)19-25)50-37(47)24-13-11-23(12-14-24)22-9-7-6-8-10-22/h6-16,19-21,30-33,36,45-46H,17-18H2,1-5H3/t30-,31+,32+,33-,36+/m0/s1. The van der Waals surface area contributed by atoms with E-state index in [1.807, 2.05) is 42.5 Å². The lowest BCUT2D eigenvalue weighted by Crippen LogP contribution is -2.41. The Morgan fingerprint density at radius 2 is 1.63 bits per heavy atom. The summed E-state index contributed by atoms with van der Waals surface area (Å²) in [5.74, 6) is -0.658. The molecule has 9 nitrogen and oxygen atoms in total. The average molecular weight is 769 g/mol. The molecule has 3 heterocycles. The Morgan fingerprint density at radius 3 is 2.29 bits per heavy atom. The van der Waals surface area contributed by atoms with Gasteiger partial charge in [0.05, 0.1) is 21.0 Å². The van der Waals surface area contributed by atoms with E-state index in [0.717, 1.165) is 16.7 Å². The summed E-state index contributed by atoms with van der Waals surface area (Å²) < 4.78 is 20.6. The van der Waals surface area contributed by atoms with Crippen molar-refractivity contribution in [3.05, 3.63) is 117 Å². The third-order valence-electron chi connectivity index (χ3n) is 9.86. The fraction of sp³-hybridized carbons (Fsp3) is 0.342. The minimum Gasteiger partial charge on any atom is -0.451 e. The number of fused-ring (bicyclic) bond motifs is 1. The summed E-state index contributed by atoms with van der Waals surface area (Å²) in [6.07, 6.45) is -2.82. The molecule has 5 aromatic rings. The number of hydrogen-bond donors (Lipinski definition) is 2. The summed E-state index contributed by atoms with van der Waals surface area (Å²) in [5, 5.41) is 24.4. The van der Waals surface area contributed by atoms with Crippen LogP contribution in [-0.2, 0) is 20.3 Å². The van der Waals surface area contributed by atoms with Gasteiger partial charge in [-0.2, -0.15) is 0 Å². The van der Waals surface area contributed by atoms with E-state index in [-0.39, 0.29) is 20.8 Å². The zero-order valence-corrected chi connectivity index (χ0v) is 32.2. The molecule has 3 aromatic carbocycles. The highest BCUT2D eigenvalue weighted by atomic mass is 35.5. The van der Waals surface area contributed by atoms with Crippen molar-refractivity contribution in [1.29, 1.82) is 0 Å². The summed E-state index contributed by atoms with van der Waals surface area (Å²) in [5.41, 5.74) is 3.86. The number of aliphatic hydroxyl groups excluding tert-OH is 2. The Morgan fingerprint density at radius 1 is 0.941 bits per heavy atom. The molecule has 0 amide bonds. The van der Waals surface area contributed by atoms with Crippen LogP contribution in [0.1, 0.15) is 54.6 Å². The normalized spacial score (nSPS) is 20.1. The van der Waals surface area contributed by atoms with Gasteiger partial charge in [-0.15, -0.1) is 0 Å². The van der Waals surface area contributed by atoms with Crippen molar-refractivity contribution in [1.82, 2.24) is 14.5 Å². The Bertz CT molecular complexity index is 2020. The van der Waals surface area contributed by atoms with Crippen molar-refractivity contribution < 1.29 is 28.9 Å². The fourth-order valence-electron chi connectivity index (χ4n) is 5.93. The maximum absolute atomic E-state index is 13.6. The topological polar surface area (TPSA) is 116 Å². The van der Waals surface area contributed by atoms with Crippen LogP contribution in [0.2, 0.25) is 33.3 Å². The Balaban J connectivity index is 1.30. The molecule has 1 aliphatic heterocycles. The van der Waals surface area contributed by atoms with Crippen molar-refractivity contribution in [2.75, 3.05) is 6.61 Å². The molecular formula is C38H40Cl3N3O6Si. The van der Waals surface area contributed by atoms with Crippen molar-refractivity contribution in [2.45, 2.75) is 76.0 Å². The SMILES string of the molecule is CC(C)(C)[Si](C)(C)OCCc1cn([C@@H]2O[C@H]([C@H](OC(=O)c3ccc(-c4ccccc4)cc3)c3ccc(Cl)c(Cl)c3)[C@@H](O)[C@H]2O)c2ncnc(Cl)c12. The lowest BCUT2D eigenvalue weighted by Gasteiger charge is -2.36. The molecule has 13 heteroatoms. The highest BCUT2D eigenvalue weighted by Gasteiger charge is 2.49. The molecule has 0 bridgehead atoms. The van der Waals surface area contributed by atoms with Crippen LogP contribution in [0.15, 0.2) is 85.3 Å². The third kappa shape index (κ3) is 7.75. The van der Waals surface area contributed by atoms with Gasteiger partial charge in [0.2, 0.25) is 0 Å². The minimum atomic E-state index is -2.03. The number of benzene rings is 3. The molecule has 51 heavy (non-hydrogen) atoms. The molecule has 268 valence electrons. The number of carbonyl (C=O) groups excluding carboxylic acids is 1. The Kier molecular flexibility index (Phi) is 11.0. The van der Waals surface area contributed by atoms with Crippen LogP contribution >= 0.6 is 34.8 Å². The van der Waals surface area contributed by atoms with Crippen molar-refractivity contribution in [3.63, 3.8) is 0 Å². The molecule has 0 unspecified atom stereocenters. The zero-order chi connectivity index (χ0) is 36.7. The van der Waals surface area contributed by atoms with Crippen molar-refractivity contribution in [3.8, 4) is 11.1 Å². The van der Waals surface area contributed by atoms with E-state index < -0.39 is 44.9 Å². The third-order valence-corrected chi connectivity index (χ3v) is 15.4. The number of aromatic nitrogens is 3. The van der Waals surface area contributed by atoms with Gasteiger partial charge in [-0.3, -0.25) is 0 Å². The maximum Gasteiger partial charge on any atom is 0.338 e. The number of aliphatic hydroxyl groups is 2. The Labute approximate surface area is 313 Å². The van der Waals surface area contributed by atoms with Crippen LogP contribution in [0.3, 0.4) is 0 Å². The van der Waals surface area contributed by atoms with E-state index in [0.29, 0.717) is 34.6 Å². The molecule has 0 spiro atoms. The summed E-state index contributed by atoms with van der Waals surface area (Å²) in [6.45, 7) is 11.4. The molecular weight excluding hydrogens is 729 g/mol. The molecule has 2 aromatic heterocycles. The molecule has 0 radical (unpaired) electrons. The number of rotatable bonds is 10. The van der Waals surface area contributed by atoms with Gasteiger partial charge >= 0.3 is 5.97 Å². The van der Waals surface area contributed by atoms with Gasteiger partial charge in [-0.05, 0) is 71.1 Å². The highest BCUT2D eigenvalue weighted by molar-refractivity contribution is 6.74. The van der Waals surface area contributed by atoms with E-state index in [1.165, 1.54) is 6.33 Å². The molecule has 1 saturated heterocycles. The van der Waals surface area contributed by atoms with Crippen molar-refractivity contribution in [2.24, 2.45) is 0 Å². The van der Waals surface area contributed by atoms with Crippen LogP contribution in [0, 0.1) is 0 Å². The van der Waals surface area contributed by atoms with Gasteiger partial charge < -0.3 is 28.7 Å². The number of nitrogens with zero attached hydrogens (tertiary/aromatic N) is 3. The van der Waals surface area contributed by atoms with E-state index >= 15 is 0 Å². The molecule has 0 saturated carbocycles. The summed E-state index contributed by atoms with van der Waals surface area (Å²) in [4.78, 5) is 22.3. The first kappa shape index (κ1) is 37.4. The van der Waals surface area contributed by atoms with E-state index in [1.54, 1.807) is 41.1 Å².